The van der Waals surface area contributed by atoms with Gasteiger partial charge in [-0.1, -0.05) is 6.92 Å². The summed E-state index contributed by atoms with van der Waals surface area (Å²) in [6.45, 7) is 5.41. The Morgan fingerprint density at radius 3 is 2.81 bits per heavy atom. The Morgan fingerprint density at radius 1 is 1.56 bits per heavy atom. The molecule has 4 heteroatoms. The molecule has 1 amide bonds. The molecule has 1 saturated heterocycles. The fourth-order valence-corrected chi connectivity index (χ4v) is 2.88. The summed E-state index contributed by atoms with van der Waals surface area (Å²) >= 11 is 1.71. The standard InChI is InChI=1S/C12H23NO2S/c1-9(8-16-3)12(15)13-6-4-5-11(7-13)10(2)14/h9-11,14H,4-8H2,1-3H3. The van der Waals surface area contributed by atoms with Gasteiger partial charge in [0.15, 0.2) is 0 Å². The number of nitrogens with zero attached hydrogens (tertiary/aromatic N) is 1. The average Bonchev–Trinajstić information content (AvgIpc) is 2.28. The molecule has 0 radical (unpaired) electrons. The molecule has 1 N–H and O–H groups in total. The number of rotatable bonds is 4. The van der Waals surface area contributed by atoms with Crippen molar-refractivity contribution in [3.63, 3.8) is 0 Å². The highest BCUT2D eigenvalue weighted by Crippen LogP contribution is 2.21. The van der Waals surface area contributed by atoms with Crippen LogP contribution in [0.5, 0.6) is 0 Å². The number of hydrogen-bond acceptors (Lipinski definition) is 3. The maximum atomic E-state index is 12.1. The monoisotopic (exact) mass is 245 g/mol. The molecular formula is C12H23NO2S. The molecule has 1 aliphatic rings. The number of thioether (sulfide) groups is 1. The Morgan fingerprint density at radius 2 is 2.25 bits per heavy atom. The van der Waals surface area contributed by atoms with Gasteiger partial charge in [-0.05, 0) is 26.0 Å². The smallest absolute Gasteiger partial charge is 0.226 e. The van der Waals surface area contributed by atoms with Gasteiger partial charge in [0.25, 0.3) is 0 Å². The molecule has 0 aliphatic carbocycles. The van der Waals surface area contributed by atoms with E-state index in [1.165, 1.54) is 0 Å². The normalized spacial score (nSPS) is 25.2. The van der Waals surface area contributed by atoms with Crippen LogP contribution in [0.25, 0.3) is 0 Å². The van der Waals surface area contributed by atoms with Gasteiger partial charge >= 0.3 is 0 Å². The molecule has 16 heavy (non-hydrogen) atoms. The summed E-state index contributed by atoms with van der Waals surface area (Å²) in [6, 6.07) is 0. The molecule has 0 aromatic heterocycles. The van der Waals surface area contributed by atoms with Crippen molar-refractivity contribution in [2.45, 2.75) is 32.8 Å². The van der Waals surface area contributed by atoms with Crippen molar-refractivity contribution >= 4 is 17.7 Å². The van der Waals surface area contributed by atoms with Gasteiger partial charge in [0.2, 0.25) is 5.91 Å². The van der Waals surface area contributed by atoms with E-state index >= 15 is 0 Å². The van der Waals surface area contributed by atoms with Crippen LogP contribution in [-0.4, -0.2) is 47.1 Å². The van der Waals surface area contributed by atoms with E-state index < -0.39 is 0 Å². The molecule has 1 rings (SSSR count). The molecule has 0 bridgehead atoms. The summed E-state index contributed by atoms with van der Waals surface area (Å²) < 4.78 is 0. The highest BCUT2D eigenvalue weighted by Gasteiger charge is 2.28. The largest absolute Gasteiger partial charge is 0.393 e. The number of aliphatic hydroxyl groups is 1. The zero-order valence-electron chi connectivity index (χ0n) is 10.5. The highest BCUT2D eigenvalue weighted by atomic mass is 32.2. The number of carbonyl (C=O) groups is 1. The van der Waals surface area contributed by atoms with E-state index in [0.717, 1.165) is 31.7 Å². The first kappa shape index (κ1) is 13.8. The van der Waals surface area contributed by atoms with Crippen LogP contribution in [0, 0.1) is 11.8 Å². The summed E-state index contributed by atoms with van der Waals surface area (Å²) in [7, 11) is 0. The molecule has 0 spiro atoms. The summed E-state index contributed by atoms with van der Waals surface area (Å²) in [5.74, 6) is 1.50. The number of aliphatic hydroxyl groups excluding tert-OH is 1. The lowest BCUT2D eigenvalue weighted by Gasteiger charge is -2.35. The molecule has 1 heterocycles. The maximum absolute atomic E-state index is 12.1. The van der Waals surface area contributed by atoms with Crippen molar-refractivity contribution < 1.29 is 9.90 Å². The predicted molar refractivity (Wildman–Crippen MR) is 68.5 cm³/mol. The van der Waals surface area contributed by atoms with E-state index in [9.17, 15) is 9.90 Å². The van der Waals surface area contributed by atoms with Crippen LogP contribution < -0.4 is 0 Å². The summed E-state index contributed by atoms with van der Waals surface area (Å²) in [5, 5.41) is 9.58. The quantitative estimate of drug-likeness (QED) is 0.818. The van der Waals surface area contributed by atoms with Gasteiger partial charge in [0, 0.05) is 30.7 Å². The van der Waals surface area contributed by atoms with Crippen LogP contribution in [0.3, 0.4) is 0 Å². The van der Waals surface area contributed by atoms with Crippen LogP contribution in [0.2, 0.25) is 0 Å². The minimum atomic E-state index is -0.300. The summed E-state index contributed by atoms with van der Waals surface area (Å²) in [6.07, 6.45) is 3.79. The number of likely N-dealkylation sites (tertiary alicyclic amines) is 1. The lowest BCUT2D eigenvalue weighted by molar-refractivity contribution is -0.136. The predicted octanol–water partition coefficient (Wildman–Crippen LogP) is 1.60. The first-order chi connectivity index (χ1) is 7.56. The van der Waals surface area contributed by atoms with Gasteiger partial charge in [-0.2, -0.15) is 11.8 Å². The van der Waals surface area contributed by atoms with Crippen molar-refractivity contribution in [1.29, 1.82) is 0 Å². The highest BCUT2D eigenvalue weighted by molar-refractivity contribution is 7.98. The second-order valence-corrected chi connectivity index (χ2v) is 5.69. The molecule has 1 fully saturated rings. The van der Waals surface area contributed by atoms with E-state index in [2.05, 4.69) is 0 Å². The molecule has 1 aliphatic heterocycles. The molecule has 0 aromatic rings. The van der Waals surface area contributed by atoms with Gasteiger partial charge in [0.05, 0.1) is 6.10 Å². The van der Waals surface area contributed by atoms with Crippen LogP contribution in [-0.2, 0) is 4.79 Å². The van der Waals surface area contributed by atoms with Crippen molar-refractivity contribution in [1.82, 2.24) is 4.90 Å². The van der Waals surface area contributed by atoms with Crippen LogP contribution in [0.1, 0.15) is 26.7 Å². The van der Waals surface area contributed by atoms with E-state index in [1.807, 2.05) is 25.0 Å². The van der Waals surface area contributed by atoms with E-state index in [0.29, 0.717) is 0 Å². The zero-order valence-corrected chi connectivity index (χ0v) is 11.3. The topological polar surface area (TPSA) is 40.5 Å². The lowest BCUT2D eigenvalue weighted by atomic mass is 9.93. The molecular weight excluding hydrogens is 222 g/mol. The molecule has 94 valence electrons. The van der Waals surface area contributed by atoms with E-state index in [4.69, 9.17) is 0 Å². The zero-order chi connectivity index (χ0) is 12.1. The lowest BCUT2D eigenvalue weighted by Crippen LogP contribution is -2.45. The van der Waals surface area contributed by atoms with Crippen molar-refractivity contribution in [3.05, 3.63) is 0 Å². The van der Waals surface area contributed by atoms with Crippen LogP contribution in [0.15, 0.2) is 0 Å². The first-order valence-corrected chi connectivity index (χ1v) is 7.41. The Bertz CT molecular complexity index is 233. The third-order valence-electron chi connectivity index (χ3n) is 3.29. The van der Waals surface area contributed by atoms with Crippen molar-refractivity contribution in [2.75, 3.05) is 25.1 Å². The van der Waals surface area contributed by atoms with Gasteiger partial charge < -0.3 is 10.0 Å². The van der Waals surface area contributed by atoms with Crippen LogP contribution >= 0.6 is 11.8 Å². The Hall–Kier alpha value is -0.220. The molecule has 0 saturated carbocycles. The summed E-state index contributed by atoms with van der Waals surface area (Å²) in [5.41, 5.74) is 0. The molecule has 0 aromatic carbocycles. The van der Waals surface area contributed by atoms with Gasteiger partial charge in [-0.15, -0.1) is 0 Å². The van der Waals surface area contributed by atoms with Gasteiger partial charge in [-0.3, -0.25) is 4.79 Å². The van der Waals surface area contributed by atoms with Crippen molar-refractivity contribution in [2.24, 2.45) is 11.8 Å². The van der Waals surface area contributed by atoms with E-state index in [1.54, 1.807) is 11.8 Å². The van der Waals surface area contributed by atoms with Crippen molar-refractivity contribution in [3.8, 4) is 0 Å². The fraction of sp³-hybridized carbons (Fsp3) is 0.917. The molecule has 3 unspecified atom stereocenters. The third-order valence-corrected chi connectivity index (χ3v) is 4.12. The third kappa shape index (κ3) is 3.67. The number of piperidine rings is 1. The SMILES string of the molecule is CSCC(C)C(=O)N1CCCC(C(C)O)C1. The molecule has 3 nitrogen and oxygen atoms in total. The Balaban J connectivity index is 2.49. The van der Waals surface area contributed by atoms with Gasteiger partial charge in [-0.25, -0.2) is 0 Å². The van der Waals surface area contributed by atoms with Gasteiger partial charge in [0.1, 0.15) is 0 Å². The second-order valence-electron chi connectivity index (χ2n) is 4.78. The minimum Gasteiger partial charge on any atom is -0.393 e. The first-order valence-electron chi connectivity index (χ1n) is 6.02. The summed E-state index contributed by atoms with van der Waals surface area (Å²) in [4.78, 5) is 14.0. The molecule has 3 atom stereocenters. The number of amides is 1. The van der Waals surface area contributed by atoms with Crippen LogP contribution in [0.4, 0.5) is 0 Å². The second kappa shape index (κ2) is 6.50. The average molecular weight is 245 g/mol. The number of hydrogen-bond donors (Lipinski definition) is 1. The number of carbonyl (C=O) groups excluding carboxylic acids is 1. The Kier molecular flexibility index (Phi) is 5.62. The minimum absolute atomic E-state index is 0.0998. The fourth-order valence-electron chi connectivity index (χ4n) is 2.24. The maximum Gasteiger partial charge on any atom is 0.226 e. The van der Waals surface area contributed by atoms with E-state index in [-0.39, 0.29) is 23.8 Å². The Labute approximate surface area is 103 Å².